The zero-order chi connectivity index (χ0) is 93.5. The monoisotopic (exact) mass is 1780 g/mol. The molecule has 21 rings (SSSR count). The summed E-state index contributed by atoms with van der Waals surface area (Å²) in [5.41, 5.74) is 52.2. The van der Waals surface area contributed by atoms with Gasteiger partial charge in [-0.25, -0.2) is 0 Å². The number of benzene rings is 15. The molecule has 0 radical (unpaired) electrons. The summed E-state index contributed by atoms with van der Waals surface area (Å²) in [4.78, 5) is 2.49. The molecule has 0 saturated heterocycles. The second-order valence-corrected chi connectivity index (χ2v) is 41.5. The van der Waals surface area contributed by atoms with Crippen molar-refractivity contribution in [3.05, 3.63) is 470 Å². The smallest absolute Gasteiger partial charge is 0.0714 e. The van der Waals surface area contributed by atoms with Gasteiger partial charge in [-0.2, -0.15) is 0 Å². The lowest BCUT2D eigenvalue weighted by atomic mass is 9.65. The molecule has 0 spiro atoms. The van der Waals surface area contributed by atoms with Crippen LogP contribution >= 0.6 is 0 Å². The summed E-state index contributed by atoms with van der Waals surface area (Å²) in [7, 11) is 0. The molecule has 0 aromatic heterocycles. The van der Waals surface area contributed by atoms with Crippen LogP contribution in [0.25, 0.3) is 89.0 Å². The van der Waals surface area contributed by atoms with E-state index in [9.17, 15) is 0 Å². The first kappa shape index (κ1) is 90.5. The minimum Gasteiger partial charge on any atom is -0.311 e. The third-order valence-electron chi connectivity index (χ3n) is 33.2. The van der Waals surface area contributed by atoms with E-state index in [0.29, 0.717) is 5.92 Å². The van der Waals surface area contributed by atoms with E-state index < -0.39 is 10.8 Å². The lowest BCUT2D eigenvalue weighted by Gasteiger charge is -2.37. The molecule has 0 N–H and O–H groups in total. The Labute approximate surface area is 818 Å². The molecule has 137 heavy (non-hydrogen) atoms. The molecule has 15 aromatic carbocycles. The maximum atomic E-state index is 4.02. The van der Waals surface area contributed by atoms with E-state index in [1.807, 2.05) is 12.2 Å². The fraction of sp³-hybridized carbons (Fsp3) is 0.279. The van der Waals surface area contributed by atoms with E-state index in [1.54, 1.807) is 5.56 Å². The standard InChI is InChI=1S/C136H135N/c1-11-16-20-24-28-32-80-134(81-33-29-25-21-17-12-2)126-86-104(52-72-119(126)120-74-55-107(88-128(120)134)106-54-73-118-117-70-38-94(8)82-125(117)133(127(118)87-106,78-30-26-22-18-13-3)79-31-27-23-19-14-4)100-48-66-115(67-49-100)137(114-64-46-97(47-65-114)96(10)15-5)116-68-50-101(51-69-116)105-53-75-123-124-77-57-108(90-131(124)135(130(123)89-105,110-58-34-92(6)35-59-110)111-60-36-93(7)37-61-111)109-56-76-122-121-71-39-95(9)83-129(121)136(132(122)91-109,112-62-44-98-40-42-102(98)84-112)113-63-45-99-41-43-103(99)85-113/h13-14,18-19,22-23,34-39,44-77,82-91,96H,3-4,11-12,15-17,20-21,24-33,40-43,78-81H2,1-2,5-10H3/b22-18-,23-19-. The zero-order valence-corrected chi connectivity index (χ0v) is 82.4. The average molecular weight is 1780 g/mol. The summed E-state index contributed by atoms with van der Waals surface area (Å²) >= 11 is 0. The normalized spacial score (nSPS) is 14.8. The Hall–Kier alpha value is -12.9. The van der Waals surface area contributed by atoms with Gasteiger partial charge in [-0.15, -0.1) is 0 Å². The maximum Gasteiger partial charge on any atom is 0.0714 e. The first-order chi connectivity index (χ1) is 67.2. The van der Waals surface area contributed by atoms with E-state index >= 15 is 0 Å². The number of aryl methyl sites for hydroxylation is 8. The molecule has 0 bridgehead atoms. The molecule has 684 valence electrons. The number of rotatable bonds is 37. The highest BCUT2D eigenvalue weighted by atomic mass is 15.1. The predicted molar refractivity (Wildman–Crippen MR) is 585 cm³/mol. The van der Waals surface area contributed by atoms with Crippen LogP contribution in [0.15, 0.2) is 353 Å². The molecule has 0 fully saturated rings. The molecule has 0 aliphatic heterocycles. The average Bonchev–Trinajstić information content (AvgIpc) is 1.58. The van der Waals surface area contributed by atoms with Crippen molar-refractivity contribution >= 4 is 17.1 Å². The highest BCUT2D eigenvalue weighted by molar-refractivity contribution is 5.95. The summed E-state index contributed by atoms with van der Waals surface area (Å²) in [5, 5.41) is 0. The predicted octanol–water partition coefficient (Wildman–Crippen LogP) is 37.4. The number of unbranched alkanes of at least 4 members (excludes halogenated alkanes) is 12. The molecule has 6 aliphatic rings. The summed E-state index contributed by atoms with van der Waals surface area (Å²) < 4.78 is 0. The van der Waals surface area contributed by atoms with Crippen molar-refractivity contribution in [1.29, 1.82) is 0 Å². The molecule has 1 atom stereocenters. The van der Waals surface area contributed by atoms with Gasteiger partial charge in [-0.05, 0) is 373 Å². The van der Waals surface area contributed by atoms with Crippen molar-refractivity contribution in [2.75, 3.05) is 4.90 Å². The van der Waals surface area contributed by atoms with Gasteiger partial charge < -0.3 is 4.90 Å². The Bertz CT molecular complexity index is 6970. The van der Waals surface area contributed by atoms with Crippen molar-refractivity contribution in [3.8, 4) is 89.0 Å². The Kier molecular flexibility index (Phi) is 25.5. The van der Waals surface area contributed by atoms with Crippen LogP contribution < -0.4 is 4.90 Å². The van der Waals surface area contributed by atoms with Crippen molar-refractivity contribution in [2.24, 2.45) is 0 Å². The SMILES string of the molecule is C=C/C=C\CCCC1(CCC/C=C\C=C)c2cc(C)ccc2-c2ccc(-c3ccc4c(c3)C(CCCCCCCC)(CCCCCCCC)c3cc(-c5ccc(N(c6ccc(-c7ccc8c(c7)C(c7ccc(C)cc7)(c7ccc(C)cc7)c7cc(-c9ccc%10c(c9)C(c9ccc%11c(c9)CC%11)(c9ccc%11c(c9)CC%11)c9cc(C)ccc9-%10)ccc7-8)cc6)c6ccc(C(C)CC)cc6)cc5)ccc3-4)cc21. The van der Waals surface area contributed by atoms with Gasteiger partial charge in [0, 0.05) is 27.9 Å². The van der Waals surface area contributed by atoms with Crippen LogP contribution in [-0.2, 0) is 47.3 Å². The highest BCUT2D eigenvalue weighted by Crippen LogP contribution is 2.63. The number of anilines is 3. The highest BCUT2D eigenvalue weighted by Gasteiger charge is 2.51. The quantitative estimate of drug-likeness (QED) is 0.0277. The van der Waals surface area contributed by atoms with E-state index in [1.165, 1.54) is 277 Å². The van der Waals surface area contributed by atoms with Gasteiger partial charge >= 0.3 is 0 Å². The zero-order valence-electron chi connectivity index (χ0n) is 82.4. The van der Waals surface area contributed by atoms with Crippen molar-refractivity contribution in [3.63, 3.8) is 0 Å². The topological polar surface area (TPSA) is 3.24 Å². The Balaban J connectivity index is 0.639. The van der Waals surface area contributed by atoms with Crippen molar-refractivity contribution in [2.45, 2.75) is 243 Å². The van der Waals surface area contributed by atoms with Crippen LogP contribution in [0, 0.1) is 27.7 Å². The van der Waals surface area contributed by atoms with E-state index in [4.69, 9.17) is 0 Å². The minimum atomic E-state index is -0.659. The van der Waals surface area contributed by atoms with Crippen LogP contribution in [-0.4, -0.2) is 0 Å². The number of nitrogens with zero attached hydrogens (tertiary/aromatic N) is 1. The number of fused-ring (bicyclic) bond motifs is 14. The molecule has 1 unspecified atom stereocenters. The van der Waals surface area contributed by atoms with Crippen LogP contribution in [0.1, 0.15) is 285 Å². The van der Waals surface area contributed by atoms with E-state index in [0.717, 1.165) is 101 Å². The summed E-state index contributed by atoms with van der Waals surface area (Å²) in [6, 6.07) is 122. The number of hydrogen-bond acceptors (Lipinski definition) is 1. The van der Waals surface area contributed by atoms with Gasteiger partial charge in [-0.3, -0.25) is 0 Å². The minimum absolute atomic E-state index is 0.0983. The van der Waals surface area contributed by atoms with Gasteiger partial charge in [-0.1, -0.05) is 407 Å². The molecule has 1 nitrogen and oxygen atoms in total. The Morgan fingerprint density at radius 1 is 0.270 bits per heavy atom. The van der Waals surface area contributed by atoms with E-state index in [-0.39, 0.29) is 10.8 Å². The van der Waals surface area contributed by atoms with Gasteiger partial charge in [0.2, 0.25) is 0 Å². The van der Waals surface area contributed by atoms with Crippen molar-refractivity contribution < 1.29 is 0 Å². The van der Waals surface area contributed by atoms with Gasteiger partial charge in [0.1, 0.15) is 0 Å². The Morgan fingerprint density at radius 2 is 0.555 bits per heavy atom. The molecule has 1 heteroatoms. The van der Waals surface area contributed by atoms with Crippen molar-refractivity contribution in [1.82, 2.24) is 0 Å². The largest absolute Gasteiger partial charge is 0.311 e. The summed E-state index contributed by atoms with van der Waals surface area (Å²) in [6.07, 6.45) is 42.5. The van der Waals surface area contributed by atoms with Crippen LogP contribution in [0.2, 0.25) is 0 Å². The third-order valence-corrected chi connectivity index (χ3v) is 33.2. The van der Waals surface area contributed by atoms with Gasteiger partial charge in [0.25, 0.3) is 0 Å². The lowest BCUT2D eigenvalue weighted by molar-refractivity contribution is 0.398. The molecular formula is C136H135N. The number of allylic oxidation sites excluding steroid dienone is 6. The maximum absolute atomic E-state index is 4.02. The first-order valence-corrected chi connectivity index (χ1v) is 52.3. The van der Waals surface area contributed by atoms with Crippen LogP contribution in [0.5, 0.6) is 0 Å². The van der Waals surface area contributed by atoms with Gasteiger partial charge in [0.15, 0.2) is 0 Å². The molecular weight excluding hydrogens is 1650 g/mol. The summed E-state index contributed by atoms with van der Waals surface area (Å²) in [6.45, 7) is 26.4. The van der Waals surface area contributed by atoms with Crippen LogP contribution in [0.3, 0.4) is 0 Å². The number of hydrogen-bond donors (Lipinski definition) is 0. The third kappa shape index (κ3) is 16.3. The fourth-order valence-electron chi connectivity index (χ4n) is 25.4. The lowest BCUT2D eigenvalue weighted by Crippen LogP contribution is -2.30. The molecule has 0 saturated carbocycles. The second kappa shape index (κ2) is 38.6. The molecule has 6 aliphatic carbocycles. The first-order valence-electron chi connectivity index (χ1n) is 52.3. The molecule has 0 heterocycles. The Morgan fingerprint density at radius 3 is 0.912 bits per heavy atom. The second-order valence-electron chi connectivity index (χ2n) is 41.5. The van der Waals surface area contributed by atoms with Gasteiger partial charge in [0.05, 0.1) is 10.8 Å². The van der Waals surface area contributed by atoms with Crippen LogP contribution in [0.4, 0.5) is 17.1 Å². The molecule has 0 amide bonds. The summed E-state index contributed by atoms with van der Waals surface area (Å²) in [5.74, 6) is 0.456. The fourth-order valence-corrected chi connectivity index (χ4v) is 25.4. The molecule has 15 aromatic rings. The van der Waals surface area contributed by atoms with E-state index in [2.05, 4.69) is 401 Å².